The summed E-state index contributed by atoms with van der Waals surface area (Å²) in [6.07, 6.45) is -4.05. The summed E-state index contributed by atoms with van der Waals surface area (Å²) in [6.45, 7) is 7.48. The SMILES string of the molecule is C[C@@H]1O[C@@H](C(C)(C)C)C(O)C(O)[C@H]1O. The summed E-state index contributed by atoms with van der Waals surface area (Å²) >= 11 is 0. The second kappa shape index (κ2) is 3.77. The molecule has 5 atom stereocenters. The molecule has 2 unspecified atom stereocenters. The van der Waals surface area contributed by atoms with E-state index in [-0.39, 0.29) is 5.41 Å². The summed E-state index contributed by atoms with van der Waals surface area (Å²) < 4.78 is 5.49. The van der Waals surface area contributed by atoms with Crippen LogP contribution in [0.5, 0.6) is 0 Å². The first-order valence-electron chi connectivity index (χ1n) is 4.95. The lowest BCUT2D eigenvalue weighted by Gasteiger charge is -2.44. The number of hydrogen-bond donors (Lipinski definition) is 3. The van der Waals surface area contributed by atoms with E-state index in [0.29, 0.717) is 0 Å². The van der Waals surface area contributed by atoms with E-state index in [9.17, 15) is 15.3 Å². The molecule has 4 heteroatoms. The Balaban J connectivity index is 2.81. The van der Waals surface area contributed by atoms with Gasteiger partial charge in [-0.05, 0) is 12.3 Å². The van der Waals surface area contributed by atoms with E-state index in [0.717, 1.165) is 0 Å². The van der Waals surface area contributed by atoms with Gasteiger partial charge in [-0.2, -0.15) is 0 Å². The van der Waals surface area contributed by atoms with Gasteiger partial charge in [-0.25, -0.2) is 0 Å². The summed E-state index contributed by atoms with van der Waals surface area (Å²) in [5, 5.41) is 28.8. The molecule has 0 spiro atoms. The highest BCUT2D eigenvalue weighted by molar-refractivity contribution is 4.95. The van der Waals surface area contributed by atoms with Crippen LogP contribution in [0, 0.1) is 5.41 Å². The van der Waals surface area contributed by atoms with Crippen molar-refractivity contribution in [2.24, 2.45) is 5.41 Å². The fourth-order valence-electron chi connectivity index (χ4n) is 1.77. The molecule has 1 saturated heterocycles. The van der Waals surface area contributed by atoms with Crippen molar-refractivity contribution in [1.82, 2.24) is 0 Å². The molecular weight excluding hydrogens is 184 g/mol. The van der Waals surface area contributed by atoms with Crippen LogP contribution in [0.4, 0.5) is 0 Å². The fourth-order valence-corrected chi connectivity index (χ4v) is 1.77. The van der Waals surface area contributed by atoms with Crippen molar-refractivity contribution in [2.75, 3.05) is 0 Å². The Labute approximate surface area is 84.5 Å². The third-order valence-corrected chi connectivity index (χ3v) is 2.71. The van der Waals surface area contributed by atoms with E-state index < -0.39 is 30.5 Å². The van der Waals surface area contributed by atoms with E-state index in [2.05, 4.69) is 0 Å². The summed E-state index contributed by atoms with van der Waals surface area (Å²) in [4.78, 5) is 0. The van der Waals surface area contributed by atoms with Crippen LogP contribution in [0.15, 0.2) is 0 Å². The maximum absolute atomic E-state index is 9.73. The molecule has 1 fully saturated rings. The smallest absolute Gasteiger partial charge is 0.111 e. The maximum Gasteiger partial charge on any atom is 0.111 e. The Bertz CT molecular complexity index is 199. The highest BCUT2D eigenvalue weighted by Gasteiger charge is 2.46. The molecule has 0 bridgehead atoms. The predicted molar refractivity (Wildman–Crippen MR) is 51.8 cm³/mol. The van der Waals surface area contributed by atoms with Crippen LogP contribution in [0.3, 0.4) is 0 Å². The molecule has 1 rings (SSSR count). The van der Waals surface area contributed by atoms with Crippen LogP contribution >= 0.6 is 0 Å². The molecule has 1 aliphatic rings. The monoisotopic (exact) mass is 204 g/mol. The average molecular weight is 204 g/mol. The van der Waals surface area contributed by atoms with Crippen LogP contribution in [0.25, 0.3) is 0 Å². The van der Waals surface area contributed by atoms with Gasteiger partial charge in [0, 0.05) is 0 Å². The molecule has 4 nitrogen and oxygen atoms in total. The van der Waals surface area contributed by atoms with Crippen molar-refractivity contribution in [2.45, 2.75) is 58.2 Å². The van der Waals surface area contributed by atoms with E-state index in [1.807, 2.05) is 20.8 Å². The quantitative estimate of drug-likeness (QED) is 0.515. The van der Waals surface area contributed by atoms with Gasteiger partial charge < -0.3 is 20.1 Å². The largest absolute Gasteiger partial charge is 0.388 e. The van der Waals surface area contributed by atoms with Gasteiger partial charge in [-0.1, -0.05) is 20.8 Å². The Hall–Kier alpha value is -0.160. The minimum Gasteiger partial charge on any atom is -0.388 e. The second-order valence-electron chi connectivity index (χ2n) is 5.10. The topological polar surface area (TPSA) is 69.9 Å². The van der Waals surface area contributed by atoms with Gasteiger partial charge in [0.1, 0.15) is 18.3 Å². The third-order valence-electron chi connectivity index (χ3n) is 2.71. The number of hydrogen-bond acceptors (Lipinski definition) is 4. The third kappa shape index (κ3) is 2.08. The van der Waals surface area contributed by atoms with Crippen LogP contribution in [0.1, 0.15) is 27.7 Å². The van der Waals surface area contributed by atoms with Gasteiger partial charge in [-0.15, -0.1) is 0 Å². The number of rotatable bonds is 0. The molecule has 1 aliphatic heterocycles. The summed E-state index contributed by atoms with van der Waals surface area (Å²) in [5.74, 6) is 0. The number of ether oxygens (including phenoxy) is 1. The van der Waals surface area contributed by atoms with Crippen molar-refractivity contribution in [3.8, 4) is 0 Å². The van der Waals surface area contributed by atoms with E-state index >= 15 is 0 Å². The Morgan fingerprint density at radius 3 is 1.86 bits per heavy atom. The van der Waals surface area contributed by atoms with Crippen LogP contribution in [0.2, 0.25) is 0 Å². The van der Waals surface area contributed by atoms with Gasteiger partial charge in [0.05, 0.1) is 12.2 Å². The van der Waals surface area contributed by atoms with Gasteiger partial charge in [0.2, 0.25) is 0 Å². The summed E-state index contributed by atoms with van der Waals surface area (Å²) in [6, 6.07) is 0. The Morgan fingerprint density at radius 2 is 1.43 bits per heavy atom. The molecule has 0 radical (unpaired) electrons. The van der Waals surface area contributed by atoms with Crippen molar-refractivity contribution < 1.29 is 20.1 Å². The van der Waals surface area contributed by atoms with Crippen LogP contribution in [-0.4, -0.2) is 45.8 Å². The first kappa shape index (κ1) is 11.9. The summed E-state index contributed by atoms with van der Waals surface area (Å²) in [5.41, 5.74) is -0.255. The molecule has 0 aromatic carbocycles. The molecule has 14 heavy (non-hydrogen) atoms. The zero-order chi connectivity index (χ0) is 11.1. The molecule has 0 aromatic rings. The zero-order valence-corrected chi connectivity index (χ0v) is 9.14. The Kier molecular flexibility index (Phi) is 3.21. The highest BCUT2D eigenvalue weighted by atomic mass is 16.5. The molecule has 0 amide bonds. The van der Waals surface area contributed by atoms with Gasteiger partial charge in [-0.3, -0.25) is 0 Å². The standard InChI is InChI=1S/C10H20O4/c1-5-6(11)7(12)8(13)9(14-5)10(2,3)4/h5-9,11-13H,1-4H3/t5-,6-,7?,8?,9+/m0/s1. The predicted octanol–water partition coefficient (Wildman–Crippen LogP) is -0.0975. The van der Waals surface area contributed by atoms with E-state index in [1.165, 1.54) is 0 Å². The lowest BCUT2D eigenvalue weighted by molar-refractivity contribution is -0.239. The maximum atomic E-state index is 9.73. The minimum atomic E-state index is -1.12. The second-order valence-corrected chi connectivity index (χ2v) is 5.10. The van der Waals surface area contributed by atoms with Gasteiger partial charge in [0.25, 0.3) is 0 Å². The molecule has 0 aliphatic carbocycles. The first-order chi connectivity index (χ1) is 6.25. The highest BCUT2D eigenvalue weighted by Crippen LogP contribution is 2.32. The lowest BCUT2D eigenvalue weighted by atomic mass is 9.80. The van der Waals surface area contributed by atoms with E-state index in [1.54, 1.807) is 6.92 Å². The van der Waals surface area contributed by atoms with Crippen molar-refractivity contribution in [3.05, 3.63) is 0 Å². The van der Waals surface area contributed by atoms with Crippen LogP contribution < -0.4 is 0 Å². The van der Waals surface area contributed by atoms with Crippen molar-refractivity contribution >= 4 is 0 Å². The summed E-state index contributed by atoms with van der Waals surface area (Å²) in [7, 11) is 0. The molecular formula is C10H20O4. The Morgan fingerprint density at radius 1 is 0.929 bits per heavy atom. The van der Waals surface area contributed by atoms with Crippen molar-refractivity contribution in [3.63, 3.8) is 0 Å². The van der Waals surface area contributed by atoms with E-state index in [4.69, 9.17) is 4.74 Å². The number of aliphatic hydroxyl groups is 3. The average Bonchev–Trinajstić information content (AvgIpc) is 2.06. The lowest BCUT2D eigenvalue weighted by Crippen LogP contribution is -2.59. The van der Waals surface area contributed by atoms with Crippen molar-refractivity contribution in [1.29, 1.82) is 0 Å². The molecule has 84 valence electrons. The molecule has 1 heterocycles. The molecule has 3 N–H and O–H groups in total. The number of aliphatic hydroxyl groups excluding tert-OH is 3. The minimum absolute atomic E-state index is 0.255. The van der Waals surface area contributed by atoms with Gasteiger partial charge in [0.15, 0.2) is 0 Å². The van der Waals surface area contributed by atoms with Gasteiger partial charge >= 0.3 is 0 Å². The molecule has 0 saturated carbocycles. The first-order valence-corrected chi connectivity index (χ1v) is 4.95. The fraction of sp³-hybridized carbons (Fsp3) is 1.00. The zero-order valence-electron chi connectivity index (χ0n) is 9.14. The molecule has 0 aromatic heterocycles. The normalized spacial score (nSPS) is 45.2. The van der Waals surface area contributed by atoms with Crippen LogP contribution in [-0.2, 0) is 4.74 Å².